The van der Waals surface area contributed by atoms with Gasteiger partial charge in [0.15, 0.2) is 0 Å². The predicted molar refractivity (Wildman–Crippen MR) is 68.8 cm³/mol. The van der Waals surface area contributed by atoms with Gasteiger partial charge in [0.05, 0.1) is 6.10 Å². The van der Waals surface area contributed by atoms with E-state index >= 15 is 0 Å². The Balaban J connectivity index is 2.30. The van der Waals surface area contributed by atoms with Crippen molar-refractivity contribution in [1.29, 1.82) is 0 Å². The maximum atomic E-state index is 11.6. The van der Waals surface area contributed by atoms with Crippen molar-refractivity contribution < 1.29 is 9.53 Å². The van der Waals surface area contributed by atoms with Gasteiger partial charge in [0.1, 0.15) is 6.61 Å². The minimum absolute atomic E-state index is 0.00468. The van der Waals surface area contributed by atoms with Crippen LogP contribution in [0.1, 0.15) is 46.0 Å². The van der Waals surface area contributed by atoms with Crippen molar-refractivity contribution in [1.82, 2.24) is 5.32 Å². The van der Waals surface area contributed by atoms with Gasteiger partial charge in [0.25, 0.3) is 0 Å². The summed E-state index contributed by atoms with van der Waals surface area (Å²) in [6, 6.07) is 0.269. The number of halogens is 1. The quantitative estimate of drug-likeness (QED) is 0.639. The summed E-state index contributed by atoms with van der Waals surface area (Å²) < 4.78 is 5.28. The Morgan fingerprint density at radius 2 is 2.06 bits per heavy atom. The minimum Gasteiger partial charge on any atom is -0.369 e. The van der Waals surface area contributed by atoms with Gasteiger partial charge >= 0.3 is 0 Å². The van der Waals surface area contributed by atoms with Crippen LogP contribution < -0.4 is 5.32 Å². The summed E-state index contributed by atoms with van der Waals surface area (Å²) in [5.74, 6) is 0.00468. The number of hydrogen-bond donors (Lipinski definition) is 1. The van der Waals surface area contributed by atoms with Crippen LogP contribution in [0.25, 0.3) is 0 Å². The van der Waals surface area contributed by atoms with Crippen LogP contribution in [-0.4, -0.2) is 29.5 Å². The van der Waals surface area contributed by atoms with Crippen molar-refractivity contribution in [3.63, 3.8) is 0 Å². The highest BCUT2D eigenvalue weighted by molar-refractivity contribution is 9.09. The van der Waals surface area contributed by atoms with Gasteiger partial charge in [0.2, 0.25) is 5.91 Å². The molecular formula is C12H22BrNO2. The first-order chi connectivity index (χ1) is 7.59. The lowest BCUT2D eigenvalue weighted by atomic mass is 10.1. The lowest BCUT2D eigenvalue weighted by Crippen LogP contribution is -2.42. The molecule has 1 fully saturated rings. The Labute approximate surface area is 106 Å². The largest absolute Gasteiger partial charge is 0.369 e. The van der Waals surface area contributed by atoms with E-state index in [4.69, 9.17) is 4.74 Å². The van der Waals surface area contributed by atoms with E-state index in [0.29, 0.717) is 4.83 Å². The lowest BCUT2D eigenvalue weighted by Gasteiger charge is -2.21. The number of hydrogen-bond acceptors (Lipinski definition) is 2. The molecule has 1 aliphatic rings. The van der Waals surface area contributed by atoms with Gasteiger partial charge in [-0.15, -0.1) is 0 Å². The normalized spacial score (nSPS) is 26.5. The van der Waals surface area contributed by atoms with Crippen molar-refractivity contribution in [2.45, 2.75) is 62.9 Å². The third kappa shape index (κ3) is 5.30. The average Bonchev–Trinajstić information content (AvgIpc) is 2.42. The summed E-state index contributed by atoms with van der Waals surface area (Å²) in [6.45, 7) is 4.05. The third-order valence-corrected chi connectivity index (χ3v) is 3.92. The molecule has 2 unspecified atom stereocenters. The maximum Gasteiger partial charge on any atom is 0.246 e. The van der Waals surface area contributed by atoms with Gasteiger partial charge in [-0.3, -0.25) is 4.79 Å². The number of amides is 1. The van der Waals surface area contributed by atoms with Crippen molar-refractivity contribution in [2.24, 2.45) is 0 Å². The van der Waals surface area contributed by atoms with Gasteiger partial charge in [-0.25, -0.2) is 0 Å². The molecule has 0 aliphatic heterocycles. The Hall–Kier alpha value is -0.0900. The monoisotopic (exact) mass is 291 g/mol. The Morgan fingerprint density at radius 1 is 1.38 bits per heavy atom. The molecule has 1 amide bonds. The molecule has 0 bridgehead atoms. The number of carbonyl (C=O) groups is 1. The van der Waals surface area contributed by atoms with Crippen molar-refractivity contribution in [2.75, 3.05) is 6.61 Å². The molecule has 1 rings (SSSR count). The van der Waals surface area contributed by atoms with Crippen molar-refractivity contribution >= 4 is 21.8 Å². The van der Waals surface area contributed by atoms with Gasteiger partial charge in [0, 0.05) is 10.9 Å². The molecule has 1 aliphatic carbocycles. The second kappa shape index (κ2) is 7.28. The van der Waals surface area contributed by atoms with Crippen LogP contribution in [0.5, 0.6) is 0 Å². The smallest absolute Gasteiger partial charge is 0.246 e. The van der Waals surface area contributed by atoms with Crippen LogP contribution in [-0.2, 0) is 9.53 Å². The highest BCUT2D eigenvalue weighted by Crippen LogP contribution is 2.23. The molecule has 4 heteroatoms. The number of nitrogens with one attached hydrogen (secondary N) is 1. The summed E-state index contributed by atoms with van der Waals surface area (Å²) in [6.07, 6.45) is 6.07. The topological polar surface area (TPSA) is 38.3 Å². The molecule has 0 spiro atoms. The van der Waals surface area contributed by atoms with Gasteiger partial charge in [-0.1, -0.05) is 35.2 Å². The summed E-state index contributed by atoms with van der Waals surface area (Å²) in [5, 5.41) is 3.05. The molecule has 2 atom stereocenters. The van der Waals surface area contributed by atoms with Gasteiger partial charge in [-0.05, 0) is 26.7 Å². The molecule has 1 N–H and O–H groups in total. The van der Waals surface area contributed by atoms with Crippen LogP contribution in [0.2, 0.25) is 0 Å². The molecule has 0 aromatic rings. The first-order valence-corrected chi connectivity index (χ1v) is 7.06. The van der Waals surface area contributed by atoms with E-state index in [2.05, 4.69) is 21.2 Å². The van der Waals surface area contributed by atoms with Crippen molar-refractivity contribution in [3.8, 4) is 0 Å². The first kappa shape index (κ1) is 14.0. The number of rotatable bonds is 4. The molecule has 3 nitrogen and oxygen atoms in total. The van der Waals surface area contributed by atoms with E-state index < -0.39 is 0 Å². The fourth-order valence-electron chi connectivity index (χ4n) is 1.92. The van der Waals surface area contributed by atoms with E-state index in [9.17, 15) is 4.79 Å². The van der Waals surface area contributed by atoms with Crippen LogP contribution >= 0.6 is 15.9 Å². The summed E-state index contributed by atoms with van der Waals surface area (Å²) in [5.41, 5.74) is 0. The van der Waals surface area contributed by atoms with Crippen LogP contribution in [0.4, 0.5) is 0 Å². The Kier molecular flexibility index (Phi) is 6.36. The Bertz CT molecular complexity index is 221. The average molecular weight is 292 g/mol. The van der Waals surface area contributed by atoms with Crippen molar-refractivity contribution in [3.05, 3.63) is 0 Å². The molecule has 0 radical (unpaired) electrons. The number of ether oxygens (including phenoxy) is 1. The zero-order valence-corrected chi connectivity index (χ0v) is 11.8. The molecule has 1 saturated carbocycles. The van der Waals surface area contributed by atoms with E-state index in [0.717, 1.165) is 12.8 Å². The number of alkyl halides is 1. The summed E-state index contributed by atoms with van der Waals surface area (Å²) in [7, 11) is 0. The molecule has 0 heterocycles. The van der Waals surface area contributed by atoms with E-state index in [1.165, 1.54) is 19.3 Å². The second-order valence-corrected chi connectivity index (χ2v) is 5.86. The van der Waals surface area contributed by atoms with Crippen LogP contribution in [0, 0.1) is 0 Å². The molecule has 94 valence electrons. The predicted octanol–water partition coefficient (Wildman–Crippen LogP) is 2.62. The van der Waals surface area contributed by atoms with Gasteiger partial charge < -0.3 is 10.1 Å². The maximum absolute atomic E-state index is 11.6. The zero-order chi connectivity index (χ0) is 12.0. The molecule has 0 aromatic carbocycles. The highest BCUT2D eigenvalue weighted by Gasteiger charge is 2.22. The molecule has 0 aromatic heterocycles. The third-order valence-electron chi connectivity index (χ3n) is 2.83. The van der Waals surface area contributed by atoms with Crippen LogP contribution in [0.3, 0.4) is 0 Å². The fourth-order valence-corrected chi connectivity index (χ4v) is 2.64. The van der Waals surface area contributed by atoms with Gasteiger partial charge in [-0.2, -0.15) is 0 Å². The Morgan fingerprint density at radius 3 is 2.75 bits per heavy atom. The highest BCUT2D eigenvalue weighted by atomic mass is 79.9. The minimum atomic E-state index is 0.00468. The SMILES string of the molecule is CC(C)OCC(=O)NC1CCCCCC1Br. The summed E-state index contributed by atoms with van der Waals surface area (Å²) in [4.78, 5) is 12.0. The standard InChI is InChI=1S/C12H22BrNO2/c1-9(2)16-8-12(15)14-11-7-5-3-4-6-10(11)13/h9-11H,3-8H2,1-2H3,(H,14,15). The first-order valence-electron chi connectivity index (χ1n) is 6.14. The molecule has 16 heavy (non-hydrogen) atoms. The van der Waals surface area contributed by atoms with E-state index in [1.807, 2.05) is 13.8 Å². The zero-order valence-electron chi connectivity index (χ0n) is 10.2. The van der Waals surface area contributed by atoms with E-state index in [-0.39, 0.29) is 24.7 Å². The number of carbonyl (C=O) groups excluding carboxylic acids is 1. The summed E-state index contributed by atoms with van der Waals surface area (Å²) >= 11 is 3.66. The second-order valence-electron chi connectivity index (χ2n) is 4.69. The van der Waals surface area contributed by atoms with Crippen LogP contribution in [0.15, 0.2) is 0 Å². The lowest BCUT2D eigenvalue weighted by molar-refractivity contribution is -0.127. The molecular weight excluding hydrogens is 270 g/mol. The fraction of sp³-hybridized carbons (Fsp3) is 0.917. The molecule has 0 saturated heterocycles. The van der Waals surface area contributed by atoms with E-state index in [1.54, 1.807) is 0 Å².